The van der Waals surface area contributed by atoms with Crippen molar-refractivity contribution in [1.82, 2.24) is 19.8 Å². The summed E-state index contributed by atoms with van der Waals surface area (Å²) in [6.45, 7) is 0.895. The number of imidazole rings is 1. The van der Waals surface area contributed by atoms with Gasteiger partial charge in [0.15, 0.2) is 9.84 Å². The molecule has 2 N–H and O–H groups in total. The van der Waals surface area contributed by atoms with E-state index in [9.17, 15) is 26.4 Å². The fraction of sp³-hybridized carbons (Fsp3) is 0.467. The fourth-order valence-electron chi connectivity index (χ4n) is 5.37. The van der Waals surface area contributed by atoms with E-state index in [4.69, 9.17) is 4.74 Å². The van der Waals surface area contributed by atoms with Crippen molar-refractivity contribution in [2.24, 2.45) is 5.92 Å². The van der Waals surface area contributed by atoms with E-state index in [-0.39, 0.29) is 40.0 Å². The molecule has 1 fully saturated rings. The molecule has 1 aliphatic rings. The van der Waals surface area contributed by atoms with Crippen LogP contribution in [0.3, 0.4) is 0 Å². The monoisotopic (exact) mass is 619 g/mol. The average molecular weight is 620 g/mol. The summed E-state index contributed by atoms with van der Waals surface area (Å²) in [6, 6.07) is 7.77. The fourth-order valence-corrected chi connectivity index (χ4v) is 6.01. The lowest BCUT2D eigenvalue weighted by Crippen LogP contribution is -2.46. The van der Waals surface area contributed by atoms with Gasteiger partial charge in [-0.25, -0.2) is 13.4 Å². The van der Waals surface area contributed by atoms with E-state index in [1.54, 1.807) is 0 Å². The van der Waals surface area contributed by atoms with Crippen molar-refractivity contribution in [1.29, 1.82) is 0 Å². The van der Waals surface area contributed by atoms with Crippen LogP contribution in [0.2, 0.25) is 0 Å². The third-order valence-electron chi connectivity index (χ3n) is 7.71. The van der Waals surface area contributed by atoms with Crippen molar-refractivity contribution in [3.8, 4) is 17.6 Å². The van der Waals surface area contributed by atoms with Gasteiger partial charge in [-0.1, -0.05) is 18.8 Å². The van der Waals surface area contributed by atoms with Gasteiger partial charge in [-0.15, -0.1) is 0 Å². The molecule has 0 unspecified atom stereocenters. The standard InChI is InChI=1S/C30H36F3N5O4S/c1-19-13-21(37(2)3)8-10-24(19)36-29(39)23-14-20(15-26-28(23)35-18-38(26)17-30(31,32)33)7-6-12-34-25-16-22(43(5,40)41)9-11-27(25)42-4/h9,11,14-16,18-19,21,24,34H,8,10,12-13,17H2,1-5H3,(H,36,39)/t19-,21-,24-/m1/s1. The molecule has 2 aromatic carbocycles. The lowest BCUT2D eigenvalue weighted by molar-refractivity contribution is -0.139. The minimum Gasteiger partial charge on any atom is -0.495 e. The highest BCUT2D eigenvalue weighted by atomic mass is 32.2. The first-order chi connectivity index (χ1) is 20.2. The zero-order chi connectivity index (χ0) is 31.5. The summed E-state index contributed by atoms with van der Waals surface area (Å²) >= 11 is 0. The van der Waals surface area contributed by atoms with Gasteiger partial charge in [0.1, 0.15) is 17.8 Å². The van der Waals surface area contributed by atoms with Crippen LogP contribution in [0.4, 0.5) is 18.9 Å². The summed E-state index contributed by atoms with van der Waals surface area (Å²) in [5.74, 6) is 6.04. The van der Waals surface area contributed by atoms with Crippen LogP contribution in [-0.2, 0) is 16.4 Å². The summed E-state index contributed by atoms with van der Waals surface area (Å²) < 4.78 is 70.1. The van der Waals surface area contributed by atoms with Crippen molar-refractivity contribution >= 4 is 32.5 Å². The largest absolute Gasteiger partial charge is 0.495 e. The predicted molar refractivity (Wildman–Crippen MR) is 159 cm³/mol. The molecule has 0 saturated heterocycles. The number of benzene rings is 2. The minimum atomic E-state index is -4.48. The predicted octanol–water partition coefficient (Wildman–Crippen LogP) is 4.32. The van der Waals surface area contributed by atoms with E-state index in [2.05, 4.69) is 39.3 Å². The number of methoxy groups -OCH3 is 1. The number of anilines is 1. The highest BCUT2D eigenvalue weighted by Crippen LogP contribution is 2.29. The van der Waals surface area contributed by atoms with Crippen molar-refractivity contribution in [2.75, 3.05) is 39.3 Å². The first-order valence-corrected chi connectivity index (χ1v) is 15.7. The number of hydrogen-bond acceptors (Lipinski definition) is 7. The van der Waals surface area contributed by atoms with E-state index in [0.717, 1.165) is 36.4 Å². The van der Waals surface area contributed by atoms with Crippen molar-refractivity contribution < 1.29 is 31.1 Å². The molecule has 1 aromatic heterocycles. The molecule has 1 amide bonds. The van der Waals surface area contributed by atoms with Gasteiger partial charge in [-0.3, -0.25) is 4.79 Å². The highest BCUT2D eigenvalue weighted by Gasteiger charge is 2.32. The Morgan fingerprint density at radius 1 is 1.21 bits per heavy atom. The van der Waals surface area contributed by atoms with Gasteiger partial charge in [0.2, 0.25) is 0 Å². The molecule has 0 spiro atoms. The summed E-state index contributed by atoms with van der Waals surface area (Å²) in [5, 5.41) is 6.10. The third kappa shape index (κ3) is 8.00. The van der Waals surface area contributed by atoms with Crippen LogP contribution in [0.15, 0.2) is 41.6 Å². The number of carbonyl (C=O) groups excluding carboxylic acids is 1. The SMILES string of the molecule is COc1ccc(S(C)(=O)=O)cc1NCC#Cc1cc(C(=O)N[C@@H]2CC[C@@H](N(C)C)C[C@H]2C)c2ncn(CC(F)(F)F)c2c1. The van der Waals surface area contributed by atoms with E-state index < -0.39 is 28.5 Å². The van der Waals surface area contributed by atoms with Gasteiger partial charge in [0, 0.05) is 23.9 Å². The smallest absolute Gasteiger partial charge is 0.406 e. The normalized spacial score (nSPS) is 19.1. The van der Waals surface area contributed by atoms with Crippen molar-refractivity contribution in [3.63, 3.8) is 0 Å². The van der Waals surface area contributed by atoms with Crippen molar-refractivity contribution in [3.05, 3.63) is 47.8 Å². The number of nitrogens with one attached hydrogen (secondary N) is 2. The van der Waals surface area contributed by atoms with Crippen molar-refractivity contribution in [2.45, 2.75) is 55.9 Å². The number of sulfone groups is 1. The number of rotatable bonds is 8. The number of ether oxygens (including phenoxy) is 1. The lowest BCUT2D eigenvalue weighted by atomic mass is 9.82. The molecule has 1 heterocycles. The maximum atomic E-state index is 13.5. The number of halogens is 3. The molecule has 4 rings (SSSR count). The molecule has 3 aromatic rings. The maximum Gasteiger partial charge on any atom is 0.406 e. The van der Waals surface area contributed by atoms with E-state index in [1.807, 2.05) is 14.1 Å². The molecule has 0 bridgehead atoms. The molecule has 13 heteroatoms. The molecular weight excluding hydrogens is 583 g/mol. The third-order valence-corrected chi connectivity index (χ3v) is 8.82. The summed E-state index contributed by atoms with van der Waals surface area (Å²) in [5.41, 5.74) is 1.22. The molecule has 3 atom stereocenters. The van der Waals surface area contributed by atoms with Crippen LogP contribution in [0.25, 0.3) is 11.0 Å². The number of nitrogens with zero attached hydrogens (tertiary/aromatic N) is 3. The van der Waals surface area contributed by atoms with Gasteiger partial charge in [0.05, 0.1) is 41.6 Å². The molecule has 1 saturated carbocycles. The Morgan fingerprint density at radius 2 is 1.95 bits per heavy atom. The van der Waals surface area contributed by atoms with E-state index in [0.29, 0.717) is 23.0 Å². The van der Waals surface area contributed by atoms with E-state index >= 15 is 0 Å². The molecule has 0 aliphatic heterocycles. The molecule has 1 aliphatic carbocycles. The van der Waals surface area contributed by atoms with Crippen LogP contribution in [0.5, 0.6) is 5.75 Å². The van der Waals surface area contributed by atoms with Gasteiger partial charge in [-0.2, -0.15) is 13.2 Å². The topological polar surface area (TPSA) is 106 Å². The molecule has 0 radical (unpaired) electrons. The number of hydrogen-bond donors (Lipinski definition) is 2. The molecule has 43 heavy (non-hydrogen) atoms. The number of alkyl halides is 3. The number of aromatic nitrogens is 2. The number of carbonyl (C=O) groups is 1. The molecule has 232 valence electrons. The number of amides is 1. The molecular formula is C30H36F3N5O4S. The maximum absolute atomic E-state index is 13.5. The van der Waals surface area contributed by atoms with Gasteiger partial charge >= 0.3 is 6.18 Å². The van der Waals surface area contributed by atoms with E-state index in [1.165, 1.54) is 37.4 Å². The Balaban J connectivity index is 1.61. The van der Waals surface area contributed by atoms with Crippen LogP contribution < -0.4 is 15.4 Å². The van der Waals surface area contributed by atoms with Gasteiger partial charge in [0.25, 0.3) is 5.91 Å². The highest BCUT2D eigenvalue weighted by molar-refractivity contribution is 7.90. The van der Waals surface area contributed by atoms with Crippen LogP contribution >= 0.6 is 0 Å². The van der Waals surface area contributed by atoms with Crippen LogP contribution in [0, 0.1) is 17.8 Å². The second-order valence-electron chi connectivity index (χ2n) is 11.2. The Kier molecular flexibility index (Phi) is 9.61. The quantitative estimate of drug-likeness (QED) is 0.362. The Hall–Kier alpha value is -3.76. The Morgan fingerprint density at radius 3 is 2.58 bits per heavy atom. The lowest BCUT2D eigenvalue weighted by Gasteiger charge is -2.37. The Bertz CT molecular complexity index is 1660. The Labute approximate surface area is 249 Å². The average Bonchev–Trinajstić information content (AvgIpc) is 3.31. The van der Waals surface area contributed by atoms with Gasteiger partial charge < -0.3 is 24.8 Å². The molecule has 9 nitrogen and oxygen atoms in total. The van der Waals surface area contributed by atoms with Crippen LogP contribution in [0.1, 0.15) is 42.1 Å². The summed E-state index contributed by atoms with van der Waals surface area (Å²) in [6.07, 6.45) is 0.331. The second-order valence-corrected chi connectivity index (χ2v) is 13.2. The minimum absolute atomic E-state index is 0.0670. The summed E-state index contributed by atoms with van der Waals surface area (Å²) in [7, 11) is 2.08. The zero-order valence-electron chi connectivity index (χ0n) is 24.7. The summed E-state index contributed by atoms with van der Waals surface area (Å²) in [4.78, 5) is 20.0. The van der Waals surface area contributed by atoms with Gasteiger partial charge in [-0.05, 0) is 69.6 Å². The van der Waals surface area contributed by atoms with Crippen LogP contribution in [-0.4, -0.2) is 81.0 Å². The first kappa shape index (κ1) is 32.2. The number of fused-ring (bicyclic) bond motifs is 1. The zero-order valence-corrected chi connectivity index (χ0v) is 25.6. The first-order valence-electron chi connectivity index (χ1n) is 13.8. The second kappa shape index (κ2) is 12.9.